The maximum absolute atomic E-state index is 12.6. The van der Waals surface area contributed by atoms with E-state index in [1.54, 1.807) is 18.2 Å². The van der Waals surface area contributed by atoms with Crippen molar-refractivity contribution in [1.29, 1.82) is 0 Å². The topological polar surface area (TPSA) is 58.6 Å². The normalized spacial score (nSPS) is 21.1. The van der Waals surface area contributed by atoms with Gasteiger partial charge in [0, 0.05) is 24.1 Å². The number of hydrogen-bond acceptors (Lipinski definition) is 4. The van der Waals surface area contributed by atoms with Crippen molar-refractivity contribution in [2.45, 2.75) is 17.9 Å². The van der Waals surface area contributed by atoms with Crippen LogP contribution in [0.3, 0.4) is 0 Å². The van der Waals surface area contributed by atoms with Crippen LogP contribution in [0.25, 0.3) is 0 Å². The van der Waals surface area contributed by atoms with Gasteiger partial charge >= 0.3 is 0 Å². The van der Waals surface area contributed by atoms with E-state index in [-0.39, 0.29) is 6.10 Å². The molecule has 112 valence electrons. The van der Waals surface area contributed by atoms with E-state index in [0.717, 1.165) is 10.0 Å². The number of sulfonamides is 1. The minimum Gasteiger partial charge on any atom is -0.374 e. The number of nitrogens with zero attached hydrogens (tertiary/aromatic N) is 1. The fourth-order valence-electron chi connectivity index (χ4n) is 2.19. The molecule has 0 aliphatic carbocycles. The standard InChI is InChI=1S/C13H19BrN2O3S/c1-10-7-12(3-4-13(10)14)20(17,18)16-5-6-19-11(9-16)8-15-2/h3-4,7,11,15H,5-6,8-9H2,1-2H3. The Labute approximate surface area is 128 Å². The van der Waals surface area contributed by atoms with Gasteiger partial charge in [-0.15, -0.1) is 0 Å². The van der Waals surface area contributed by atoms with E-state index in [2.05, 4.69) is 21.2 Å². The molecule has 1 unspecified atom stereocenters. The molecule has 1 atom stereocenters. The number of morpholine rings is 1. The van der Waals surface area contributed by atoms with Crippen LogP contribution in [0.2, 0.25) is 0 Å². The summed E-state index contributed by atoms with van der Waals surface area (Å²) in [5, 5.41) is 3.01. The number of halogens is 1. The van der Waals surface area contributed by atoms with Crippen molar-refractivity contribution in [2.24, 2.45) is 0 Å². The van der Waals surface area contributed by atoms with Crippen LogP contribution in [-0.2, 0) is 14.8 Å². The van der Waals surface area contributed by atoms with Crippen LogP contribution in [-0.4, -0.2) is 52.1 Å². The summed E-state index contributed by atoms with van der Waals surface area (Å²) in [6.45, 7) is 3.74. The fraction of sp³-hybridized carbons (Fsp3) is 0.538. The van der Waals surface area contributed by atoms with E-state index in [1.807, 2.05) is 14.0 Å². The molecule has 1 aromatic carbocycles. The molecule has 5 nitrogen and oxygen atoms in total. The number of benzene rings is 1. The molecule has 2 rings (SSSR count). The van der Waals surface area contributed by atoms with Crippen molar-refractivity contribution >= 4 is 26.0 Å². The first-order chi connectivity index (χ1) is 9.45. The van der Waals surface area contributed by atoms with Gasteiger partial charge in [0.2, 0.25) is 10.0 Å². The summed E-state index contributed by atoms with van der Waals surface area (Å²) in [5.41, 5.74) is 0.908. The summed E-state index contributed by atoms with van der Waals surface area (Å²) in [5.74, 6) is 0. The third-order valence-electron chi connectivity index (χ3n) is 3.30. The van der Waals surface area contributed by atoms with Crippen molar-refractivity contribution in [3.05, 3.63) is 28.2 Å². The summed E-state index contributed by atoms with van der Waals surface area (Å²) in [7, 11) is -1.62. The van der Waals surface area contributed by atoms with Gasteiger partial charge in [-0.1, -0.05) is 15.9 Å². The summed E-state index contributed by atoms with van der Waals surface area (Å²) in [6.07, 6.45) is -0.0972. The molecule has 1 saturated heterocycles. The van der Waals surface area contributed by atoms with Crippen molar-refractivity contribution in [3.8, 4) is 0 Å². The number of rotatable bonds is 4. The van der Waals surface area contributed by atoms with Gasteiger partial charge in [0.1, 0.15) is 0 Å². The highest BCUT2D eigenvalue weighted by Crippen LogP contribution is 2.23. The Morgan fingerprint density at radius 3 is 2.90 bits per heavy atom. The van der Waals surface area contributed by atoms with Crippen molar-refractivity contribution in [2.75, 3.05) is 33.3 Å². The largest absolute Gasteiger partial charge is 0.374 e. The van der Waals surface area contributed by atoms with E-state index in [0.29, 0.717) is 31.1 Å². The van der Waals surface area contributed by atoms with E-state index >= 15 is 0 Å². The summed E-state index contributed by atoms with van der Waals surface area (Å²) in [6, 6.07) is 5.10. The van der Waals surface area contributed by atoms with Crippen LogP contribution < -0.4 is 5.32 Å². The lowest BCUT2D eigenvalue weighted by molar-refractivity contribution is 0.000823. The van der Waals surface area contributed by atoms with Gasteiger partial charge < -0.3 is 10.1 Å². The van der Waals surface area contributed by atoms with Gasteiger partial charge in [-0.25, -0.2) is 8.42 Å². The minimum absolute atomic E-state index is 0.0972. The average molecular weight is 363 g/mol. The van der Waals surface area contributed by atoms with Crippen LogP contribution in [0, 0.1) is 6.92 Å². The van der Waals surface area contributed by atoms with E-state index in [4.69, 9.17) is 4.74 Å². The molecule has 0 saturated carbocycles. The lowest BCUT2D eigenvalue weighted by atomic mass is 10.2. The molecule has 1 aliphatic heterocycles. The van der Waals surface area contributed by atoms with Crippen LogP contribution in [0.15, 0.2) is 27.6 Å². The van der Waals surface area contributed by atoms with E-state index in [9.17, 15) is 8.42 Å². The Balaban J connectivity index is 2.23. The lowest BCUT2D eigenvalue weighted by Gasteiger charge is -2.32. The van der Waals surface area contributed by atoms with Gasteiger partial charge in [-0.2, -0.15) is 4.31 Å². The quantitative estimate of drug-likeness (QED) is 0.878. The SMILES string of the molecule is CNCC1CN(S(=O)(=O)c2ccc(Br)c(C)c2)CCO1. The molecule has 1 aromatic rings. The Hall–Kier alpha value is -0.470. The number of hydrogen-bond donors (Lipinski definition) is 1. The molecular weight excluding hydrogens is 344 g/mol. The van der Waals surface area contributed by atoms with Gasteiger partial charge in [0.05, 0.1) is 17.6 Å². The van der Waals surface area contributed by atoms with E-state index in [1.165, 1.54) is 4.31 Å². The number of nitrogens with one attached hydrogen (secondary N) is 1. The van der Waals surface area contributed by atoms with Gasteiger partial charge in [-0.3, -0.25) is 0 Å². The Morgan fingerprint density at radius 1 is 1.50 bits per heavy atom. The third-order valence-corrected chi connectivity index (χ3v) is 6.05. The Kier molecular flexibility index (Phi) is 5.19. The first-order valence-corrected chi connectivity index (χ1v) is 8.71. The van der Waals surface area contributed by atoms with Gasteiger partial charge in [0.25, 0.3) is 0 Å². The van der Waals surface area contributed by atoms with Crippen molar-refractivity contribution in [3.63, 3.8) is 0 Å². The molecule has 1 fully saturated rings. The molecule has 1 N–H and O–H groups in total. The fourth-order valence-corrected chi connectivity index (χ4v) is 3.98. The zero-order valence-electron chi connectivity index (χ0n) is 11.6. The highest BCUT2D eigenvalue weighted by atomic mass is 79.9. The molecule has 20 heavy (non-hydrogen) atoms. The Bertz CT molecular complexity index is 575. The second-order valence-corrected chi connectivity index (χ2v) is 7.62. The maximum Gasteiger partial charge on any atom is 0.243 e. The van der Waals surface area contributed by atoms with Gasteiger partial charge in [0.15, 0.2) is 0 Å². The molecular formula is C13H19BrN2O3S. The predicted octanol–water partition coefficient (Wildman–Crippen LogP) is 1.37. The highest BCUT2D eigenvalue weighted by Gasteiger charge is 2.30. The molecule has 0 spiro atoms. The second-order valence-electron chi connectivity index (χ2n) is 4.82. The maximum atomic E-state index is 12.6. The molecule has 1 heterocycles. The zero-order valence-corrected chi connectivity index (χ0v) is 14.0. The van der Waals surface area contributed by atoms with Crippen molar-refractivity contribution < 1.29 is 13.2 Å². The smallest absolute Gasteiger partial charge is 0.243 e. The number of aryl methyl sites for hydroxylation is 1. The second kappa shape index (κ2) is 6.53. The molecule has 0 bridgehead atoms. The predicted molar refractivity (Wildman–Crippen MR) is 81.3 cm³/mol. The lowest BCUT2D eigenvalue weighted by Crippen LogP contribution is -2.48. The first kappa shape index (κ1) is 15.9. The van der Waals surface area contributed by atoms with Crippen LogP contribution >= 0.6 is 15.9 Å². The first-order valence-electron chi connectivity index (χ1n) is 6.47. The van der Waals surface area contributed by atoms with E-state index < -0.39 is 10.0 Å². The summed E-state index contributed by atoms with van der Waals surface area (Å²) in [4.78, 5) is 0.336. The summed E-state index contributed by atoms with van der Waals surface area (Å²) >= 11 is 3.39. The molecule has 0 radical (unpaired) electrons. The van der Waals surface area contributed by atoms with Crippen LogP contribution in [0.5, 0.6) is 0 Å². The Morgan fingerprint density at radius 2 is 2.25 bits per heavy atom. The average Bonchev–Trinajstić information content (AvgIpc) is 2.42. The molecule has 1 aliphatic rings. The molecule has 0 aromatic heterocycles. The monoisotopic (exact) mass is 362 g/mol. The number of likely N-dealkylation sites (N-methyl/N-ethyl adjacent to an activating group) is 1. The molecule has 0 amide bonds. The van der Waals surface area contributed by atoms with Crippen LogP contribution in [0.4, 0.5) is 0 Å². The summed E-state index contributed by atoms with van der Waals surface area (Å²) < 4.78 is 33.2. The van der Waals surface area contributed by atoms with Crippen molar-refractivity contribution in [1.82, 2.24) is 9.62 Å². The number of ether oxygens (including phenoxy) is 1. The van der Waals surface area contributed by atoms with Crippen LogP contribution in [0.1, 0.15) is 5.56 Å². The minimum atomic E-state index is -3.45. The third kappa shape index (κ3) is 3.40. The van der Waals surface area contributed by atoms with Gasteiger partial charge in [-0.05, 0) is 37.7 Å². The highest BCUT2D eigenvalue weighted by molar-refractivity contribution is 9.10. The molecule has 7 heteroatoms. The zero-order chi connectivity index (χ0) is 14.8.